The van der Waals surface area contributed by atoms with Crippen LogP contribution in [-0.2, 0) is 16.6 Å². The van der Waals surface area contributed by atoms with Crippen LogP contribution in [0.2, 0.25) is 0 Å². The van der Waals surface area contributed by atoms with Gasteiger partial charge in [-0.1, -0.05) is 12.8 Å². The summed E-state index contributed by atoms with van der Waals surface area (Å²) in [5, 5.41) is 5.33. The Kier molecular flexibility index (Phi) is 6.65. The lowest BCUT2D eigenvalue weighted by Crippen LogP contribution is -2.44. The lowest BCUT2D eigenvalue weighted by molar-refractivity contribution is -0.139. The van der Waals surface area contributed by atoms with Gasteiger partial charge >= 0.3 is 11.8 Å². The Morgan fingerprint density at radius 1 is 1.13 bits per heavy atom. The van der Waals surface area contributed by atoms with Crippen molar-refractivity contribution in [2.75, 3.05) is 26.2 Å². The van der Waals surface area contributed by atoms with Crippen LogP contribution in [0, 0.1) is 0 Å². The molecular weight excluding hydrogens is 292 g/mol. The summed E-state index contributed by atoms with van der Waals surface area (Å²) < 4.78 is 2.09. The summed E-state index contributed by atoms with van der Waals surface area (Å²) in [5.41, 5.74) is 1.17. The molecule has 128 valence electrons. The summed E-state index contributed by atoms with van der Waals surface area (Å²) in [6.07, 6.45) is 6.92. The van der Waals surface area contributed by atoms with Crippen molar-refractivity contribution < 1.29 is 9.59 Å². The quantitative estimate of drug-likeness (QED) is 0.801. The molecule has 6 nitrogen and oxygen atoms in total. The number of likely N-dealkylation sites (tertiary alicyclic amines) is 1. The van der Waals surface area contributed by atoms with Gasteiger partial charge in [-0.3, -0.25) is 14.5 Å². The number of rotatable bonds is 5. The van der Waals surface area contributed by atoms with Crippen LogP contribution in [0.25, 0.3) is 0 Å². The van der Waals surface area contributed by atoms with Crippen LogP contribution in [0.4, 0.5) is 0 Å². The standard InChI is InChI=1S/C17H28N4O2/c1-3-18-16(22)17(23)19-13-15(14-9-8-10-20(14)2)21-11-6-4-5-7-12-21/h8-10,15H,3-7,11-13H2,1-2H3,(H,18,22)(H,19,23). The first kappa shape index (κ1) is 17.5. The molecule has 2 rings (SSSR count). The fourth-order valence-corrected chi connectivity index (χ4v) is 3.16. The van der Waals surface area contributed by atoms with Crippen LogP contribution in [-0.4, -0.2) is 47.5 Å². The molecule has 0 bridgehead atoms. The van der Waals surface area contributed by atoms with E-state index in [2.05, 4.69) is 26.2 Å². The van der Waals surface area contributed by atoms with Crippen LogP contribution in [0.3, 0.4) is 0 Å². The van der Waals surface area contributed by atoms with Crippen molar-refractivity contribution in [3.63, 3.8) is 0 Å². The predicted molar refractivity (Wildman–Crippen MR) is 89.9 cm³/mol. The number of carbonyl (C=O) groups is 2. The first-order valence-electron chi connectivity index (χ1n) is 8.54. The van der Waals surface area contributed by atoms with Gasteiger partial charge in [0.15, 0.2) is 0 Å². The Hall–Kier alpha value is -1.82. The maximum absolute atomic E-state index is 11.9. The molecule has 1 aromatic heterocycles. The van der Waals surface area contributed by atoms with Crippen LogP contribution in [0.5, 0.6) is 0 Å². The molecule has 2 N–H and O–H groups in total. The largest absolute Gasteiger partial charge is 0.353 e. The number of aromatic nitrogens is 1. The topological polar surface area (TPSA) is 66.4 Å². The Balaban J connectivity index is 2.06. The first-order chi connectivity index (χ1) is 11.1. The van der Waals surface area contributed by atoms with Crippen LogP contribution in [0.1, 0.15) is 44.3 Å². The monoisotopic (exact) mass is 320 g/mol. The molecule has 2 heterocycles. The van der Waals surface area contributed by atoms with E-state index in [1.807, 2.05) is 19.3 Å². The van der Waals surface area contributed by atoms with Crippen molar-refractivity contribution in [3.8, 4) is 0 Å². The molecule has 1 unspecified atom stereocenters. The number of nitrogens with zero attached hydrogens (tertiary/aromatic N) is 2. The zero-order valence-electron chi connectivity index (χ0n) is 14.2. The molecule has 6 heteroatoms. The highest BCUT2D eigenvalue weighted by Crippen LogP contribution is 2.23. The van der Waals surface area contributed by atoms with Crippen molar-refractivity contribution in [2.45, 2.75) is 38.6 Å². The van der Waals surface area contributed by atoms with Gasteiger partial charge in [0, 0.05) is 32.0 Å². The van der Waals surface area contributed by atoms with Crippen LogP contribution >= 0.6 is 0 Å². The summed E-state index contributed by atoms with van der Waals surface area (Å²) in [7, 11) is 2.02. The van der Waals surface area contributed by atoms with E-state index >= 15 is 0 Å². The Morgan fingerprint density at radius 2 is 1.78 bits per heavy atom. The van der Waals surface area contributed by atoms with Crippen LogP contribution < -0.4 is 10.6 Å². The highest BCUT2D eigenvalue weighted by molar-refractivity contribution is 6.35. The number of hydrogen-bond donors (Lipinski definition) is 2. The Labute approximate surface area is 138 Å². The molecule has 0 radical (unpaired) electrons. The summed E-state index contributed by atoms with van der Waals surface area (Å²) in [4.78, 5) is 25.9. The Bertz CT molecular complexity index is 518. The minimum absolute atomic E-state index is 0.103. The van der Waals surface area contributed by atoms with Crippen molar-refractivity contribution >= 4 is 11.8 Å². The highest BCUT2D eigenvalue weighted by Gasteiger charge is 2.24. The molecule has 1 atom stereocenters. The zero-order valence-corrected chi connectivity index (χ0v) is 14.2. The predicted octanol–water partition coefficient (Wildman–Crippen LogP) is 1.19. The van der Waals surface area contributed by atoms with Gasteiger partial charge in [0.25, 0.3) is 0 Å². The van der Waals surface area contributed by atoms with Crippen molar-refractivity contribution in [1.29, 1.82) is 0 Å². The van der Waals surface area contributed by atoms with Crippen LogP contribution in [0.15, 0.2) is 18.3 Å². The zero-order chi connectivity index (χ0) is 16.7. The van der Waals surface area contributed by atoms with E-state index in [0.29, 0.717) is 13.1 Å². The molecule has 1 aliphatic rings. The SMILES string of the molecule is CCNC(=O)C(=O)NCC(c1cccn1C)N1CCCCCC1. The van der Waals surface area contributed by atoms with Crippen molar-refractivity contribution in [3.05, 3.63) is 24.0 Å². The number of aryl methyl sites for hydroxylation is 1. The van der Waals surface area contributed by atoms with Gasteiger partial charge in [-0.15, -0.1) is 0 Å². The average molecular weight is 320 g/mol. The third kappa shape index (κ3) is 4.82. The number of amides is 2. The minimum Gasteiger partial charge on any atom is -0.353 e. The second kappa shape index (κ2) is 8.72. The second-order valence-electron chi connectivity index (χ2n) is 6.08. The molecular formula is C17H28N4O2. The Morgan fingerprint density at radius 3 is 2.35 bits per heavy atom. The van der Waals surface area contributed by atoms with Gasteiger partial charge < -0.3 is 15.2 Å². The minimum atomic E-state index is -0.561. The van der Waals surface area contributed by atoms with E-state index in [4.69, 9.17) is 0 Å². The number of carbonyl (C=O) groups excluding carboxylic acids is 2. The van der Waals surface area contributed by atoms with Crippen molar-refractivity contribution in [2.24, 2.45) is 7.05 Å². The molecule has 1 aromatic rings. The van der Waals surface area contributed by atoms with Gasteiger partial charge in [0.05, 0.1) is 6.04 Å². The van der Waals surface area contributed by atoms with E-state index in [9.17, 15) is 9.59 Å². The first-order valence-corrected chi connectivity index (χ1v) is 8.54. The summed E-state index contributed by atoms with van der Waals surface area (Å²) in [6, 6.07) is 4.21. The number of nitrogens with one attached hydrogen (secondary N) is 2. The highest BCUT2D eigenvalue weighted by atomic mass is 16.2. The number of likely N-dealkylation sites (N-methyl/N-ethyl adjacent to an activating group) is 1. The molecule has 2 amide bonds. The number of hydrogen-bond acceptors (Lipinski definition) is 3. The fraction of sp³-hybridized carbons (Fsp3) is 0.647. The molecule has 0 aromatic carbocycles. The molecule has 1 aliphatic heterocycles. The summed E-state index contributed by atoms with van der Waals surface area (Å²) >= 11 is 0. The summed E-state index contributed by atoms with van der Waals surface area (Å²) in [6.45, 7) is 4.78. The van der Waals surface area contributed by atoms with Gasteiger partial charge in [0.2, 0.25) is 0 Å². The van der Waals surface area contributed by atoms with E-state index in [1.165, 1.54) is 31.4 Å². The van der Waals surface area contributed by atoms with E-state index in [1.54, 1.807) is 6.92 Å². The summed E-state index contributed by atoms with van der Waals surface area (Å²) in [5.74, 6) is -1.12. The third-order valence-corrected chi connectivity index (χ3v) is 4.41. The molecule has 0 saturated carbocycles. The lowest BCUT2D eigenvalue weighted by Gasteiger charge is -2.31. The third-order valence-electron chi connectivity index (χ3n) is 4.41. The molecule has 0 aliphatic carbocycles. The average Bonchev–Trinajstić information content (AvgIpc) is 2.79. The molecule has 23 heavy (non-hydrogen) atoms. The maximum atomic E-state index is 11.9. The van der Waals surface area contributed by atoms with E-state index in [-0.39, 0.29) is 6.04 Å². The molecule has 1 saturated heterocycles. The maximum Gasteiger partial charge on any atom is 0.309 e. The van der Waals surface area contributed by atoms with E-state index < -0.39 is 11.8 Å². The van der Waals surface area contributed by atoms with Gasteiger partial charge in [0.1, 0.15) is 0 Å². The van der Waals surface area contributed by atoms with Gasteiger partial charge in [-0.05, 0) is 45.0 Å². The second-order valence-corrected chi connectivity index (χ2v) is 6.08. The van der Waals surface area contributed by atoms with Gasteiger partial charge in [-0.25, -0.2) is 0 Å². The molecule has 0 spiro atoms. The van der Waals surface area contributed by atoms with Crippen molar-refractivity contribution in [1.82, 2.24) is 20.1 Å². The normalized spacial score (nSPS) is 17.3. The van der Waals surface area contributed by atoms with E-state index in [0.717, 1.165) is 13.1 Å². The van der Waals surface area contributed by atoms with Gasteiger partial charge in [-0.2, -0.15) is 0 Å². The fourth-order valence-electron chi connectivity index (χ4n) is 3.16. The smallest absolute Gasteiger partial charge is 0.309 e. The molecule has 1 fully saturated rings. The lowest BCUT2D eigenvalue weighted by atomic mass is 10.1.